The largest absolute Gasteiger partial charge is 0.472 e. The van der Waals surface area contributed by atoms with Gasteiger partial charge in [0.25, 0.3) is 5.91 Å². The van der Waals surface area contributed by atoms with Crippen molar-refractivity contribution in [2.75, 3.05) is 7.11 Å². The molecule has 6 atom stereocenters. The number of hydrogen-bond acceptors (Lipinski definition) is 9. The molecule has 10 nitrogen and oxygen atoms in total. The Hall–Kier alpha value is -4.21. The van der Waals surface area contributed by atoms with Gasteiger partial charge in [0.05, 0.1) is 37.0 Å². The zero-order valence-corrected chi connectivity index (χ0v) is 22.4. The van der Waals surface area contributed by atoms with Gasteiger partial charge in [0.1, 0.15) is 6.10 Å². The molecule has 1 saturated carbocycles. The molecule has 0 unspecified atom stereocenters. The Balaban J connectivity index is 1.39. The number of carbonyl (C=O) groups excluding carboxylic acids is 5. The minimum absolute atomic E-state index is 0.0986. The van der Waals surface area contributed by atoms with Gasteiger partial charge in [-0.15, -0.1) is 0 Å². The van der Waals surface area contributed by atoms with Crippen LogP contribution in [0.25, 0.3) is 0 Å². The summed E-state index contributed by atoms with van der Waals surface area (Å²) in [5.74, 6) is -5.13. The highest BCUT2D eigenvalue weighted by molar-refractivity contribution is 6.05. The van der Waals surface area contributed by atoms with E-state index in [9.17, 15) is 24.0 Å². The minimum Gasteiger partial charge on any atom is -0.472 e. The number of ketones is 1. The summed E-state index contributed by atoms with van der Waals surface area (Å²) in [4.78, 5) is 66.0. The molecule has 6 rings (SSSR count). The monoisotopic (exact) mass is 547 g/mol. The van der Waals surface area contributed by atoms with E-state index in [1.807, 2.05) is 13.8 Å². The Morgan fingerprint density at radius 3 is 2.62 bits per heavy atom. The number of cyclic esters (lactones) is 1. The number of allylic oxidation sites excluding steroid dienone is 1. The van der Waals surface area contributed by atoms with Crippen molar-refractivity contribution in [1.29, 1.82) is 0 Å². The number of methoxy groups -OCH3 is 1. The number of ether oxygens (including phenoxy) is 3. The number of nitrogens with one attached hydrogen (secondary N) is 1. The van der Waals surface area contributed by atoms with Gasteiger partial charge in [-0.2, -0.15) is 0 Å². The maximum absolute atomic E-state index is 14.3. The number of furan rings is 1. The van der Waals surface area contributed by atoms with E-state index in [1.54, 1.807) is 12.1 Å². The predicted molar refractivity (Wildman–Crippen MR) is 136 cm³/mol. The number of fused-ring (bicyclic) bond motifs is 4. The molecule has 0 bridgehead atoms. The van der Waals surface area contributed by atoms with Crippen molar-refractivity contribution in [1.82, 2.24) is 5.32 Å². The van der Waals surface area contributed by atoms with Gasteiger partial charge >= 0.3 is 17.9 Å². The highest BCUT2D eigenvalue weighted by Gasteiger charge is 2.66. The lowest BCUT2D eigenvalue weighted by atomic mass is 9.44. The maximum atomic E-state index is 14.3. The van der Waals surface area contributed by atoms with E-state index < -0.39 is 58.4 Å². The predicted octanol–water partition coefficient (Wildman–Crippen LogP) is 3.66. The Bertz CT molecular complexity index is 1470. The molecule has 40 heavy (non-hydrogen) atoms. The molecule has 10 heteroatoms. The molecule has 0 radical (unpaired) electrons. The maximum Gasteiger partial charge on any atom is 0.343 e. The smallest absolute Gasteiger partial charge is 0.343 e. The van der Waals surface area contributed by atoms with Gasteiger partial charge in [0.2, 0.25) is 5.78 Å². The first-order chi connectivity index (χ1) is 19.1. The molecule has 0 spiro atoms. The molecule has 1 saturated heterocycles. The van der Waals surface area contributed by atoms with Crippen LogP contribution in [0.3, 0.4) is 0 Å². The summed E-state index contributed by atoms with van der Waals surface area (Å²) in [5, 5.41) is 2.70. The Morgan fingerprint density at radius 1 is 1.10 bits per heavy atom. The summed E-state index contributed by atoms with van der Waals surface area (Å²) in [7, 11) is 1.27. The topological polar surface area (TPSA) is 138 Å². The molecule has 208 valence electrons. The lowest BCUT2D eigenvalue weighted by Crippen LogP contribution is -2.61. The van der Waals surface area contributed by atoms with Crippen LogP contribution in [0.5, 0.6) is 0 Å². The van der Waals surface area contributed by atoms with Crippen LogP contribution in [-0.4, -0.2) is 36.7 Å². The Morgan fingerprint density at radius 2 is 1.90 bits per heavy atom. The first kappa shape index (κ1) is 26.0. The van der Waals surface area contributed by atoms with E-state index in [4.69, 9.17) is 18.6 Å². The summed E-state index contributed by atoms with van der Waals surface area (Å²) >= 11 is 0. The Kier molecular flexibility index (Phi) is 5.97. The van der Waals surface area contributed by atoms with E-state index in [0.29, 0.717) is 36.9 Å². The lowest BCUT2D eigenvalue weighted by Gasteiger charge is -2.59. The molecular weight excluding hydrogens is 518 g/mol. The molecule has 1 amide bonds. The van der Waals surface area contributed by atoms with Gasteiger partial charge in [-0.25, -0.2) is 4.79 Å². The SMILES string of the molecule is COC(=O)[C@@H]1C=C(OC(=O)c2ccc3c(c2)C(=O)NC3)C(=O)[C@H]2[C@@]1(C)CC[C@H]1C(=O)O[C@H](c3ccoc3)C[C@]21C. The molecular formula is C30H29NO9. The van der Waals surface area contributed by atoms with Crippen molar-refractivity contribution in [3.8, 4) is 0 Å². The number of hydrogen-bond donors (Lipinski definition) is 1. The first-order valence-corrected chi connectivity index (χ1v) is 13.3. The van der Waals surface area contributed by atoms with Crippen molar-refractivity contribution in [3.05, 3.63) is 70.9 Å². The second-order valence-electron chi connectivity index (χ2n) is 11.6. The molecule has 2 aliphatic carbocycles. The zero-order valence-electron chi connectivity index (χ0n) is 22.4. The van der Waals surface area contributed by atoms with Crippen LogP contribution < -0.4 is 5.32 Å². The molecule has 2 aromatic rings. The number of esters is 3. The third-order valence-electron chi connectivity index (χ3n) is 9.39. The third-order valence-corrected chi connectivity index (χ3v) is 9.39. The quantitative estimate of drug-likeness (QED) is 0.449. The summed E-state index contributed by atoms with van der Waals surface area (Å²) < 4.78 is 21.8. The fraction of sp³-hybridized carbons (Fsp3) is 0.433. The molecule has 2 aliphatic heterocycles. The molecule has 1 N–H and O–H groups in total. The fourth-order valence-corrected chi connectivity index (χ4v) is 7.39. The van der Waals surface area contributed by atoms with Crippen LogP contribution in [0.1, 0.15) is 71.1 Å². The second-order valence-corrected chi connectivity index (χ2v) is 11.6. The highest BCUT2D eigenvalue weighted by Crippen LogP contribution is 2.64. The molecule has 4 aliphatic rings. The minimum atomic E-state index is -0.912. The van der Waals surface area contributed by atoms with Gasteiger partial charge in [-0.3, -0.25) is 19.2 Å². The lowest BCUT2D eigenvalue weighted by molar-refractivity contribution is -0.197. The van der Waals surface area contributed by atoms with Crippen molar-refractivity contribution in [3.63, 3.8) is 0 Å². The number of rotatable bonds is 4. The van der Waals surface area contributed by atoms with Gasteiger partial charge in [-0.05, 0) is 59.9 Å². The summed E-state index contributed by atoms with van der Waals surface area (Å²) in [5.41, 5.74) is 0.0961. The number of carbonyl (C=O) groups is 5. The van der Waals surface area contributed by atoms with E-state index in [1.165, 1.54) is 37.8 Å². The number of benzene rings is 1. The first-order valence-electron chi connectivity index (χ1n) is 13.3. The summed E-state index contributed by atoms with van der Waals surface area (Å²) in [6.45, 7) is 4.11. The standard InChI is InChI=1S/C30H29NO9/c1-29-8-6-19-28(36)40-22(17-7-9-38-14-17)12-30(19,2)24(29)23(32)21(11-20(29)27(35)37-3)39-26(34)15-4-5-16-13-31-25(33)18(16)10-15/h4-5,7,9-11,14,19-20,22,24H,6,8,12-13H2,1-3H3,(H,31,33)/t19-,20-,22-,24-,29-,30-/m0/s1. The summed E-state index contributed by atoms with van der Waals surface area (Å²) in [6.07, 6.45) is 4.89. The van der Waals surface area contributed by atoms with Crippen LogP contribution in [0.2, 0.25) is 0 Å². The van der Waals surface area contributed by atoms with E-state index in [0.717, 1.165) is 5.56 Å². The van der Waals surface area contributed by atoms with Crippen molar-refractivity contribution in [2.45, 2.75) is 45.8 Å². The van der Waals surface area contributed by atoms with Crippen LogP contribution in [0.4, 0.5) is 0 Å². The van der Waals surface area contributed by atoms with Gasteiger partial charge in [0.15, 0.2) is 5.76 Å². The average molecular weight is 548 g/mol. The average Bonchev–Trinajstić information content (AvgIpc) is 3.59. The third kappa shape index (κ3) is 3.80. The van der Waals surface area contributed by atoms with E-state index in [-0.39, 0.29) is 17.2 Å². The van der Waals surface area contributed by atoms with Crippen molar-refractivity contribution < 1.29 is 42.6 Å². The van der Waals surface area contributed by atoms with Crippen LogP contribution in [0, 0.1) is 28.6 Å². The summed E-state index contributed by atoms with van der Waals surface area (Å²) in [6, 6.07) is 6.33. The number of Topliss-reactive ketones (excluding diaryl/α,β-unsaturated/α-hetero) is 1. The van der Waals surface area contributed by atoms with Gasteiger partial charge in [-0.1, -0.05) is 19.9 Å². The Labute approximate surface area is 230 Å². The van der Waals surface area contributed by atoms with Crippen LogP contribution >= 0.6 is 0 Å². The van der Waals surface area contributed by atoms with E-state index >= 15 is 0 Å². The highest BCUT2D eigenvalue weighted by atomic mass is 16.6. The normalized spacial score (nSPS) is 32.6. The van der Waals surface area contributed by atoms with Crippen molar-refractivity contribution >= 4 is 29.6 Å². The molecule has 2 fully saturated rings. The fourth-order valence-electron chi connectivity index (χ4n) is 7.39. The van der Waals surface area contributed by atoms with Crippen LogP contribution in [-0.2, 0) is 35.1 Å². The number of amides is 1. The molecule has 1 aromatic carbocycles. The zero-order chi connectivity index (χ0) is 28.4. The van der Waals surface area contributed by atoms with Gasteiger partial charge in [0, 0.05) is 23.6 Å². The molecule has 3 heterocycles. The van der Waals surface area contributed by atoms with Gasteiger partial charge < -0.3 is 23.9 Å². The van der Waals surface area contributed by atoms with E-state index in [2.05, 4.69) is 5.32 Å². The molecule has 1 aromatic heterocycles. The van der Waals surface area contributed by atoms with Crippen molar-refractivity contribution in [2.24, 2.45) is 28.6 Å². The van der Waals surface area contributed by atoms with Crippen LogP contribution in [0.15, 0.2) is 53.0 Å². The second kappa shape index (κ2) is 9.18.